The Morgan fingerprint density at radius 2 is 1.22 bits per heavy atom. The highest BCUT2D eigenvalue weighted by Gasteiger charge is 2.41. The largest absolute Gasteiger partial charge is 0.508 e. The number of rotatable bonds is 7. The lowest BCUT2D eigenvalue weighted by Gasteiger charge is -2.21. The smallest absolute Gasteiger partial charge is 0.336 e. The monoisotopic (exact) mass is 482 g/mol. The van der Waals surface area contributed by atoms with E-state index in [1.54, 1.807) is 55.7 Å². The third kappa shape index (κ3) is 5.03. The Morgan fingerprint density at radius 1 is 0.750 bits per heavy atom. The molecule has 0 spiro atoms. The van der Waals surface area contributed by atoms with Gasteiger partial charge in [-0.05, 0) is 90.8 Å². The van der Waals surface area contributed by atoms with E-state index in [0.29, 0.717) is 23.3 Å². The zero-order chi connectivity index (χ0) is 25.1. The van der Waals surface area contributed by atoms with Crippen molar-refractivity contribution >= 4 is 24.1 Å². The van der Waals surface area contributed by atoms with E-state index in [2.05, 4.69) is 0 Å². The van der Waals surface area contributed by atoms with Crippen LogP contribution in [0.1, 0.15) is 53.4 Å². The molecule has 2 aliphatic carbocycles. The first-order chi connectivity index (χ1) is 17.5. The SMILES string of the molecule is COc1ccc(/C=C/C(=O)Oc2ccc(OC(=O)/C=C/c3ccc(O)cc3)c3c2C2CCC3C2)cc1. The Hall–Kier alpha value is -4.32. The van der Waals surface area contributed by atoms with E-state index in [9.17, 15) is 14.7 Å². The Balaban J connectivity index is 1.31. The molecule has 0 aliphatic heterocycles. The fraction of sp³-hybridized carbons (Fsp3) is 0.200. The van der Waals surface area contributed by atoms with Crippen molar-refractivity contribution < 1.29 is 28.9 Å². The highest BCUT2D eigenvalue weighted by Crippen LogP contribution is 2.58. The van der Waals surface area contributed by atoms with Crippen LogP contribution >= 0.6 is 0 Å². The van der Waals surface area contributed by atoms with Crippen molar-refractivity contribution in [3.63, 3.8) is 0 Å². The number of hydrogen-bond acceptors (Lipinski definition) is 6. The topological polar surface area (TPSA) is 82.1 Å². The maximum absolute atomic E-state index is 12.6. The van der Waals surface area contributed by atoms with Crippen LogP contribution in [0.3, 0.4) is 0 Å². The summed E-state index contributed by atoms with van der Waals surface area (Å²) in [5.41, 5.74) is 3.59. The van der Waals surface area contributed by atoms with Crippen LogP contribution in [0.25, 0.3) is 12.2 Å². The molecule has 2 bridgehead atoms. The number of phenols is 1. The van der Waals surface area contributed by atoms with Crippen LogP contribution in [0, 0.1) is 0 Å². The van der Waals surface area contributed by atoms with Gasteiger partial charge in [0.2, 0.25) is 0 Å². The average Bonchev–Trinajstić information content (AvgIpc) is 3.52. The third-order valence-corrected chi connectivity index (χ3v) is 6.71. The Kier molecular flexibility index (Phi) is 6.58. The summed E-state index contributed by atoms with van der Waals surface area (Å²) in [7, 11) is 1.61. The van der Waals surface area contributed by atoms with Crippen molar-refractivity contribution in [2.75, 3.05) is 7.11 Å². The molecular formula is C30H26O6. The molecule has 2 unspecified atom stereocenters. The first-order valence-corrected chi connectivity index (χ1v) is 11.9. The first-order valence-electron chi connectivity index (χ1n) is 11.9. The van der Waals surface area contributed by atoms with Crippen LogP contribution < -0.4 is 14.2 Å². The summed E-state index contributed by atoms with van der Waals surface area (Å²) < 4.78 is 16.6. The van der Waals surface area contributed by atoms with Gasteiger partial charge in [0.25, 0.3) is 0 Å². The van der Waals surface area contributed by atoms with Crippen molar-refractivity contribution in [1.82, 2.24) is 0 Å². The minimum Gasteiger partial charge on any atom is -0.508 e. The Bertz CT molecular complexity index is 1340. The molecule has 0 aromatic heterocycles. The number of carbonyl (C=O) groups excluding carboxylic acids is 2. The first kappa shape index (κ1) is 23.4. The lowest BCUT2D eigenvalue weighted by atomic mass is 9.90. The van der Waals surface area contributed by atoms with Gasteiger partial charge in [0.1, 0.15) is 23.0 Å². The molecule has 6 heteroatoms. The van der Waals surface area contributed by atoms with Crippen LogP contribution in [0.4, 0.5) is 0 Å². The number of carbonyl (C=O) groups is 2. The predicted octanol–water partition coefficient (Wildman–Crippen LogP) is 6.00. The molecule has 2 atom stereocenters. The van der Waals surface area contributed by atoms with E-state index in [-0.39, 0.29) is 5.75 Å². The van der Waals surface area contributed by atoms with Gasteiger partial charge in [0.15, 0.2) is 0 Å². The molecule has 36 heavy (non-hydrogen) atoms. The summed E-state index contributed by atoms with van der Waals surface area (Å²) in [4.78, 5) is 25.1. The van der Waals surface area contributed by atoms with Crippen molar-refractivity contribution in [2.45, 2.75) is 31.1 Å². The molecule has 0 saturated heterocycles. The standard InChI is InChI=1S/C30H26O6/c1-34-24-12-4-20(5-13-24)7-17-28(33)36-26-15-14-25(29-21-8-9-22(18-21)30(26)29)35-27(32)16-6-19-2-10-23(31)11-3-19/h2-7,10-17,21-22,31H,8-9,18H2,1H3/b16-6+,17-7+. The summed E-state index contributed by atoms with van der Waals surface area (Å²) in [6.45, 7) is 0. The van der Waals surface area contributed by atoms with Crippen molar-refractivity contribution in [3.8, 4) is 23.0 Å². The molecule has 0 amide bonds. The minimum atomic E-state index is -0.486. The average molecular weight is 483 g/mol. The van der Waals surface area contributed by atoms with E-state index in [1.165, 1.54) is 12.2 Å². The fourth-order valence-corrected chi connectivity index (χ4v) is 5.04. The summed E-state index contributed by atoms with van der Waals surface area (Å²) in [5, 5.41) is 9.39. The zero-order valence-corrected chi connectivity index (χ0v) is 19.8. The summed E-state index contributed by atoms with van der Waals surface area (Å²) >= 11 is 0. The Morgan fingerprint density at radius 3 is 1.69 bits per heavy atom. The Labute approximate surface area is 209 Å². The van der Waals surface area contributed by atoms with Gasteiger partial charge in [-0.15, -0.1) is 0 Å². The maximum Gasteiger partial charge on any atom is 0.336 e. The van der Waals surface area contributed by atoms with Crippen LogP contribution in [0.2, 0.25) is 0 Å². The molecule has 0 heterocycles. The molecule has 182 valence electrons. The normalized spacial score (nSPS) is 17.9. The number of ether oxygens (including phenoxy) is 3. The molecule has 1 N–H and O–H groups in total. The van der Waals surface area contributed by atoms with Crippen LogP contribution in [-0.2, 0) is 9.59 Å². The molecule has 1 fully saturated rings. The second kappa shape index (κ2) is 10.1. The van der Waals surface area contributed by atoms with Gasteiger partial charge in [0, 0.05) is 23.3 Å². The summed E-state index contributed by atoms with van der Waals surface area (Å²) in [6.07, 6.45) is 9.14. The number of benzene rings is 3. The van der Waals surface area contributed by atoms with Gasteiger partial charge in [0.05, 0.1) is 7.11 Å². The fourth-order valence-electron chi connectivity index (χ4n) is 5.04. The minimum absolute atomic E-state index is 0.164. The third-order valence-electron chi connectivity index (χ3n) is 6.71. The lowest BCUT2D eigenvalue weighted by molar-refractivity contribution is -0.130. The van der Waals surface area contributed by atoms with Gasteiger partial charge < -0.3 is 19.3 Å². The van der Waals surface area contributed by atoms with E-state index < -0.39 is 11.9 Å². The molecule has 6 nitrogen and oxygen atoms in total. The van der Waals surface area contributed by atoms with Gasteiger partial charge in [-0.3, -0.25) is 0 Å². The highest BCUT2D eigenvalue weighted by atomic mass is 16.5. The van der Waals surface area contributed by atoms with Crippen LogP contribution in [0.15, 0.2) is 72.8 Å². The number of phenolic OH excluding ortho intramolecular Hbond substituents is 1. The molecular weight excluding hydrogens is 456 g/mol. The van der Waals surface area contributed by atoms with Gasteiger partial charge in [-0.1, -0.05) is 24.3 Å². The van der Waals surface area contributed by atoms with E-state index >= 15 is 0 Å². The predicted molar refractivity (Wildman–Crippen MR) is 136 cm³/mol. The number of esters is 2. The second-order valence-corrected chi connectivity index (χ2v) is 8.97. The second-order valence-electron chi connectivity index (χ2n) is 8.97. The van der Waals surface area contributed by atoms with Crippen molar-refractivity contribution in [2.24, 2.45) is 0 Å². The zero-order valence-electron chi connectivity index (χ0n) is 19.8. The number of fused-ring (bicyclic) bond motifs is 5. The summed E-state index contributed by atoms with van der Waals surface area (Å²) in [5.74, 6) is 1.60. The van der Waals surface area contributed by atoms with Crippen molar-refractivity contribution in [3.05, 3.63) is 95.1 Å². The number of aromatic hydroxyl groups is 1. The number of hydrogen-bond donors (Lipinski definition) is 1. The number of methoxy groups -OCH3 is 1. The molecule has 1 saturated carbocycles. The maximum atomic E-state index is 12.6. The van der Waals surface area contributed by atoms with E-state index in [0.717, 1.165) is 47.3 Å². The van der Waals surface area contributed by atoms with Gasteiger partial charge in [-0.2, -0.15) is 0 Å². The van der Waals surface area contributed by atoms with Gasteiger partial charge >= 0.3 is 11.9 Å². The quantitative estimate of drug-likeness (QED) is 0.253. The van der Waals surface area contributed by atoms with E-state index in [1.807, 2.05) is 24.3 Å². The molecule has 2 aliphatic rings. The highest BCUT2D eigenvalue weighted by molar-refractivity contribution is 5.90. The van der Waals surface area contributed by atoms with Crippen molar-refractivity contribution in [1.29, 1.82) is 0 Å². The van der Waals surface area contributed by atoms with Gasteiger partial charge in [-0.25, -0.2) is 9.59 Å². The summed E-state index contributed by atoms with van der Waals surface area (Å²) in [6, 6.07) is 17.3. The van der Waals surface area contributed by atoms with Crippen LogP contribution in [0.5, 0.6) is 23.0 Å². The molecule has 3 aromatic rings. The molecule has 3 aromatic carbocycles. The van der Waals surface area contributed by atoms with Crippen LogP contribution in [-0.4, -0.2) is 24.2 Å². The lowest BCUT2D eigenvalue weighted by Crippen LogP contribution is -2.11. The van der Waals surface area contributed by atoms with E-state index in [4.69, 9.17) is 14.2 Å². The molecule has 0 radical (unpaired) electrons. The molecule has 5 rings (SSSR count).